The fourth-order valence-electron chi connectivity index (χ4n) is 5.34. The van der Waals surface area contributed by atoms with Gasteiger partial charge in [0.2, 0.25) is 0 Å². The maximum atomic E-state index is 6.17. The molecule has 0 N–H and O–H groups in total. The third kappa shape index (κ3) is 5.95. The molecule has 0 saturated heterocycles. The Balaban J connectivity index is 1.49. The predicted octanol–water partition coefficient (Wildman–Crippen LogP) is 9.49. The van der Waals surface area contributed by atoms with Crippen LogP contribution in [0.4, 0.5) is 17.1 Å². The number of para-hydroxylation sites is 1. The van der Waals surface area contributed by atoms with Gasteiger partial charge in [-0.25, -0.2) is 0 Å². The van der Waals surface area contributed by atoms with Gasteiger partial charge in [0.1, 0.15) is 0 Å². The summed E-state index contributed by atoms with van der Waals surface area (Å²) in [4.78, 5) is 6.59. The van der Waals surface area contributed by atoms with Crippen molar-refractivity contribution in [2.24, 2.45) is 7.05 Å². The summed E-state index contributed by atoms with van der Waals surface area (Å²) < 4.78 is 11.5. The monoisotopic (exact) mass is 763 g/mol. The van der Waals surface area contributed by atoms with Crippen LogP contribution in [0.25, 0.3) is 27.9 Å². The SMILES string of the molecule is Cn1ccn(-c2[c-]c(N(c3[c-]c(Oc4ccccn4)ccc3)c3c(-c4ccccc4)cccc3-c3ccccc3)ccc2)[c]1=[Pt]. The molecule has 0 spiro atoms. The Morgan fingerprint density at radius 1 is 0.644 bits per heavy atom. The number of benzene rings is 5. The number of hydrogen-bond donors (Lipinski definition) is 0. The van der Waals surface area contributed by atoms with Crippen molar-refractivity contribution < 1.29 is 24.1 Å². The molecule has 6 heteroatoms. The summed E-state index contributed by atoms with van der Waals surface area (Å²) in [7, 11) is 2.04. The number of rotatable bonds is 8. The van der Waals surface area contributed by atoms with Crippen molar-refractivity contribution in [2.45, 2.75) is 0 Å². The molecule has 0 aliphatic rings. The summed E-state index contributed by atoms with van der Waals surface area (Å²) >= 11 is 2.34. The summed E-state index contributed by atoms with van der Waals surface area (Å²) in [5.41, 5.74) is 8.02. The molecule has 0 bridgehead atoms. The number of pyridine rings is 1. The van der Waals surface area contributed by atoms with Crippen molar-refractivity contribution in [3.63, 3.8) is 0 Å². The summed E-state index contributed by atoms with van der Waals surface area (Å²) in [6.07, 6.45) is 5.82. The Morgan fingerprint density at radius 3 is 1.89 bits per heavy atom. The summed E-state index contributed by atoms with van der Waals surface area (Å²) in [6.45, 7) is 0. The molecule has 0 amide bonds. The van der Waals surface area contributed by atoms with E-state index in [4.69, 9.17) is 4.74 Å². The normalized spacial score (nSPS) is 10.9. The van der Waals surface area contributed by atoms with Crippen LogP contribution in [0, 0.1) is 15.9 Å². The molecule has 0 unspecified atom stereocenters. The Kier molecular flexibility index (Phi) is 8.09. The van der Waals surface area contributed by atoms with Gasteiger partial charge in [0.05, 0.1) is 0 Å². The number of ether oxygens (including phenoxy) is 1. The van der Waals surface area contributed by atoms with Crippen molar-refractivity contribution in [3.05, 3.63) is 168 Å². The molecule has 45 heavy (non-hydrogen) atoms. The molecule has 0 atom stereocenters. The van der Waals surface area contributed by atoms with E-state index in [-0.39, 0.29) is 0 Å². The van der Waals surface area contributed by atoms with Crippen LogP contribution in [0.15, 0.2) is 152 Å². The number of anilines is 3. The van der Waals surface area contributed by atoms with Crippen molar-refractivity contribution in [3.8, 4) is 39.6 Å². The zero-order valence-corrected chi connectivity index (χ0v) is 26.7. The van der Waals surface area contributed by atoms with Crippen molar-refractivity contribution >= 4 is 17.1 Å². The molecule has 5 aromatic carbocycles. The van der Waals surface area contributed by atoms with Crippen LogP contribution in [0.1, 0.15) is 0 Å². The van der Waals surface area contributed by atoms with Crippen LogP contribution in [-0.2, 0) is 26.4 Å². The van der Waals surface area contributed by atoms with E-state index in [0.717, 1.165) is 48.8 Å². The first-order chi connectivity index (χ1) is 22.2. The van der Waals surface area contributed by atoms with Crippen LogP contribution in [0.2, 0.25) is 0 Å². The molecule has 2 heterocycles. The fraction of sp³-hybridized carbons (Fsp3) is 0.0256. The predicted molar refractivity (Wildman–Crippen MR) is 176 cm³/mol. The minimum atomic E-state index is 0.510. The third-order valence-corrected chi connectivity index (χ3v) is 8.78. The van der Waals surface area contributed by atoms with E-state index in [1.807, 2.05) is 55.7 Å². The van der Waals surface area contributed by atoms with Gasteiger partial charge in [-0.05, 0) is 6.07 Å². The topological polar surface area (TPSA) is 35.2 Å². The van der Waals surface area contributed by atoms with Gasteiger partial charge in [-0.15, -0.1) is 0 Å². The molecule has 0 aliphatic carbocycles. The molecular weight excluding hydrogens is 736 g/mol. The summed E-state index contributed by atoms with van der Waals surface area (Å²) in [5, 5.41) is 0. The molecule has 0 saturated carbocycles. The molecule has 5 nitrogen and oxygen atoms in total. The second kappa shape index (κ2) is 12.8. The Morgan fingerprint density at radius 2 is 1.27 bits per heavy atom. The summed E-state index contributed by atoms with van der Waals surface area (Å²) in [6, 6.07) is 52.6. The molecule has 2 aromatic heterocycles. The van der Waals surface area contributed by atoms with Gasteiger partial charge in [0.15, 0.2) is 0 Å². The second-order valence-corrected chi connectivity index (χ2v) is 11.4. The van der Waals surface area contributed by atoms with Crippen LogP contribution < -0.4 is 9.64 Å². The number of imidazole rings is 1. The number of hydrogen-bond acceptors (Lipinski definition) is 3. The average Bonchev–Trinajstić information content (AvgIpc) is 3.44. The number of nitrogens with zero attached hydrogens (tertiary/aromatic N) is 4. The zero-order chi connectivity index (χ0) is 30.6. The van der Waals surface area contributed by atoms with E-state index in [1.165, 1.54) is 0 Å². The van der Waals surface area contributed by atoms with Crippen LogP contribution in [0.3, 0.4) is 0 Å². The fourth-order valence-corrected chi connectivity index (χ4v) is 5.95. The summed E-state index contributed by atoms with van der Waals surface area (Å²) in [5.74, 6) is 1.08. The molecule has 0 aliphatic heterocycles. The number of aryl methyl sites for hydroxylation is 1. The van der Waals surface area contributed by atoms with E-state index < -0.39 is 0 Å². The first-order valence-corrected chi connectivity index (χ1v) is 15.7. The van der Waals surface area contributed by atoms with Gasteiger partial charge in [-0.2, -0.15) is 0 Å². The van der Waals surface area contributed by atoms with Gasteiger partial charge in [-0.3, -0.25) is 0 Å². The van der Waals surface area contributed by atoms with Crippen molar-refractivity contribution in [1.82, 2.24) is 14.1 Å². The minimum absolute atomic E-state index is 0.510. The molecule has 7 rings (SSSR count). The third-order valence-electron chi connectivity index (χ3n) is 7.43. The van der Waals surface area contributed by atoms with Crippen molar-refractivity contribution in [2.75, 3.05) is 4.90 Å². The standard InChI is InChI=1S/C39H28N4O.Pt/c1-41-25-26-42(29-41)32-17-10-18-33(27-32)43(34-19-11-20-35(28-34)44-38-23-8-9-24-40-38)39-36(30-13-4-2-5-14-30)21-12-22-37(39)31-15-6-3-7-16-31;/h2-26H,1H3;/q-2;. The molecule has 7 aromatic rings. The molecule has 0 radical (unpaired) electrons. The number of aromatic nitrogens is 3. The second-order valence-electron chi connectivity index (χ2n) is 10.4. The Hall–Kier alpha value is -5.25. The van der Waals surface area contributed by atoms with Gasteiger partial charge < -0.3 is 0 Å². The Labute approximate surface area is 273 Å². The van der Waals surface area contributed by atoms with E-state index in [2.05, 4.69) is 148 Å². The van der Waals surface area contributed by atoms with Crippen molar-refractivity contribution in [1.29, 1.82) is 0 Å². The first-order valence-electron chi connectivity index (χ1n) is 14.5. The van der Waals surface area contributed by atoms with Crippen LogP contribution in [-0.4, -0.2) is 14.1 Å². The van der Waals surface area contributed by atoms with Crippen LogP contribution in [0.5, 0.6) is 11.6 Å². The molecular formula is C39H28N4OPt-2. The first kappa shape index (κ1) is 28.5. The van der Waals surface area contributed by atoms with Gasteiger partial charge in [-0.1, -0.05) is 6.07 Å². The van der Waals surface area contributed by atoms with E-state index in [9.17, 15) is 0 Å². The Bertz CT molecular complexity index is 2060. The van der Waals surface area contributed by atoms with Gasteiger partial charge in [0, 0.05) is 6.20 Å². The van der Waals surface area contributed by atoms with Gasteiger partial charge >= 0.3 is 256 Å². The molecule has 222 valence electrons. The van der Waals surface area contributed by atoms with Gasteiger partial charge in [0.25, 0.3) is 0 Å². The van der Waals surface area contributed by atoms with Crippen LogP contribution >= 0.6 is 0 Å². The maximum absolute atomic E-state index is 6.17. The van der Waals surface area contributed by atoms with E-state index in [1.54, 1.807) is 6.20 Å². The van der Waals surface area contributed by atoms with E-state index >= 15 is 0 Å². The quantitative estimate of drug-likeness (QED) is 0.145. The molecule has 0 fully saturated rings. The average molecular weight is 764 g/mol. The van der Waals surface area contributed by atoms with E-state index in [0.29, 0.717) is 11.6 Å². The zero-order valence-electron chi connectivity index (χ0n) is 24.4.